The Bertz CT molecular complexity index is 3750. The zero-order valence-electron chi connectivity index (χ0n) is 58.0. The Morgan fingerprint density at radius 1 is 0.361 bits per heavy atom. The van der Waals surface area contributed by atoms with Crippen molar-refractivity contribution < 1.29 is 30.6 Å². The number of hydrogen-bond acceptors (Lipinski definition) is 10. The monoisotopic (exact) mass is 1300 g/mol. The molecule has 0 bridgehead atoms. The van der Waals surface area contributed by atoms with Gasteiger partial charge in [-0.1, -0.05) is 288 Å². The number of aliphatic hydroxyl groups is 2. The highest BCUT2D eigenvalue weighted by Gasteiger charge is 2.46. The van der Waals surface area contributed by atoms with Crippen LogP contribution in [-0.2, 0) is 18.3 Å². The maximum atomic E-state index is 10.6. The van der Waals surface area contributed by atoms with E-state index in [2.05, 4.69) is 143 Å². The van der Waals surface area contributed by atoms with Crippen LogP contribution in [0.1, 0.15) is 118 Å². The molecule has 0 spiro atoms. The summed E-state index contributed by atoms with van der Waals surface area (Å²) in [5.41, 5.74) is 41.3. The maximum absolute atomic E-state index is 10.6. The molecule has 10 nitrogen and oxygen atoms in total. The molecule has 0 amide bonds. The minimum Gasteiger partial charge on any atom is -0.508 e. The third-order valence-electron chi connectivity index (χ3n) is 15.4. The summed E-state index contributed by atoms with van der Waals surface area (Å²) in [7, 11) is 3.50. The van der Waals surface area contributed by atoms with Crippen LogP contribution in [0.5, 0.6) is 23.0 Å². The lowest BCUT2D eigenvalue weighted by Crippen LogP contribution is -2.28. The second-order valence-electron chi connectivity index (χ2n) is 22.2. The predicted molar refractivity (Wildman–Crippen MR) is 410 cm³/mol. The van der Waals surface area contributed by atoms with E-state index < -0.39 is 5.41 Å². The van der Waals surface area contributed by atoms with Crippen molar-refractivity contribution in [3.63, 3.8) is 0 Å². The van der Waals surface area contributed by atoms with Gasteiger partial charge in [0, 0.05) is 44.4 Å². The number of phenols is 4. The van der Waals surface area contributed by atoms with Crippen LogP contribution in [-0.4, -0.2) is 51.9 Å². The van der Waals surface area contributed by atoms with E-state index in [0.717, 1.165) is 82.1 Å². The summed E-state index contributed by atoms with van der Waals surface area (Å²) < 4.78 is 0. The predicted octanol–water partition coefficient (Wildman–Crippen LogP) is 18.9. The largest absolute Gasteiger partial charge is 0.508 e. The molecule has 0 saturated heterocycles. The van der Waals surface area contributed by atoms with Crippen LogP contribution in [0.15, 0.2) is 297 Å². The van der Waals surface area contributed by atoms with Gasteiger partial charge >= 0.3 is 0 Å². The molecule has 12 aromatic carbocycles. The Kier molecular flexibility index (Phi) is 34.4. The fourth-order valence-corrected chi connectivity index (χ4v) is 10.9. The molecule has 504 valence electrons. The lowest BCUT2D eigenvalue weighted by atomic mass is 9.67. The van der Waals surface area contributed by atoms with E-state index in [0.29, 0.717) is 17.9 Å². The number of phenolic OH excluding ortho intramolecular Hbond substituents is 4. The zero-order chi connectivity index (χ0) is 71.1. The fraction of sp³-hybridized carbons (Fsp3) is 0.172. The second kappa shape index (κ2) is 42.4. The topological polar surface area (TPSA) is 225 Å². The van der Waals surface area contributed by atoms with E-state index in [9.17, 15) is 20.4 Å². The molecule has 0 fully saturated rings. The second-order valence-corrected chi connectivity index (χ2v) is 22.2. The molecule has 1 aliphatic carbocycles. The molecule has 0 saturated carbocycles. The molecule has 0 aromatic heterocycles. The van der Waals surface area contributed by atoms with Crippen molar-refractivity contribution in [3.05, 3.63) is 375 Å². The molecule has 14 N–H and O–H groups in total. The van der Waals surface area contributed by atoms with Crippen LogP contribution in [0.4, 0.5) is 17.1 Å². The van der Waals surface area contributed by atoms with Crippen LogP contribution >= 0.6 is 0 Å². The van der Waals surface area contributed by atoms with Gasteiger partial charge in [0.05, 0.1) is 11.1 Å². The van der Waals surface area contributed by atoms with E-state index in [-0.39, 0.29) is 23.2 Å². The number of nitrogens with two attached hydrogens (primary N) is 4. The molecule has 1 aliphatic rings. The van der Waals surface area contributed by atoms with Gasteiger partial charge in [-0.25, -0.2) is 0 Å². The van der Waals surface area contributed by atoms with Gasteiger partial charge in [-0.2, -0.15) is 0 Å². The van der Waals surface area contributed by atoms with E-state index in [1.54, 1.807) is 24.3 Å². The minimum absolute atomic E-state index is 0.0744. The van der Waals surface area contributed by atoms with Crippen molar-refractivity contribution in [2.24, 2.45) is 5.73 Å². The Morgan fingerprint density at radius 2 is 0.691 bits per heavy atom. The number of hydrogen-bond donors (Lipinski definition) is 10. The molecule has 0 aliphatic heterocycles. The number of benzene rings is 12. The van der Waals surface area contributed by atoms with Crippen molar-refractivity contribution in [2.75, 3.05) is 38.5 Å². The van der Waals surface area contributed by atoms with Crippen LogP contribution < -0.4 is 22.9 Å². The van der Waals surface area contributed by atoms with Gasteiger partial charge in [0.25, 0.3) is 0 Å². The number of rotatable bonds is 9. The van der Waals surface area contributed by atoms with E-state index in [1.165, 1.54) is 52.4 Å². The summed E-state index contributed by atoms with van der Waals surface area (Å²) in [5.74, 6) is 1.15. The van der Waals surface area contributed by atoms with E-state index in [1.807, 2.05) is 185 Å². The number of anilines is 3. The number of para-hydroxylation sites is 1. The van der Waals surface area contributed by atoms with Crippen molar-refractivity contribution in [1.82, 2.24) is 0 Å². The number of nitrogen functional groups attached to an aromatic ring is 3. The average Bonchev–Trinajstić information content (AvgIpc) is 1.56. The number of aromatic hydroxyl groups is 4. The van der Waals surface area contributed by atoms with Crippen LogP contribution in [0.25, 0.3) is 11.1 Å². The Labute approximate surface area is 577 Å². The first-order valence-electron chi connectivity index (χ1n) is 32.7. The third-order valence-corrected chi connectivity index (χ3v) is 15.4. The number of fused-ring (bicyclic) bond motifs is 3. The fourth-order valence-electron chi connectivity index (χ4n) is 10.9. The lowest BCUT2D eigenvalue weighted by molar-refractivity contribution is 0.399. The van der Waals surface area contributed by atoms with Gasteiger partial charge in [0.1, 0.15) is 23.0 Å². The SMILES string of the molecule is CC.CCC.CN.CO.CO.Cc1cc(C2(c3ccc(O)c(N)c3)c3ccccc3-c3ccccc32)ccc1O.Cc1ccc(C(c2ccc(N)cc2)c2ccc(O)cc2)cc1.Cc1ccc(Cc2cccc(Cc3ccc(N)cc3)c2O)cc1.c1ccccc1.c1ccccc1. The van der Waals surface area contributed by atoms with Crippen LogP contribution in [0.2, 0.25) is 0 Å². The Balaban J connectivity index is 0.000000268. The molecule has 97 heavy (non-hydrogen) atoms. The van der Waals surface area contributed by atoms with Crippen LogP contribution in [0.3, 0.4) is 0 Å². The van der Waals surface area contributed by atoms with Crippen molar-refractivity contribution >= 4 is 17.1 Å². The highest BCUT2D eigenvalue weighted by atomic mass is 16.3. The number of aryl methyl sites for hydroxylation is 3. The van der Waals surface area contributed by atoms with E-state index in [4.69, 9.17) is 27.4 Å². The van der Waals surface area contributed by atoms with Crippen molar-refractivity contribution in [3.8, 4) is 34.1 Å². The van der Waals surface area contributed by atoms with Crippen molar-refractivity contribution in [2.45, 2.75) is 79.1 Å². The Hall–Kier alpha value is -10.9. The minimum atomic E-state index is -0.590. The normalized spacial score (nSPS) is 10.8. The average molecular weight is 1300 g/mol. The summed E-state index contributed by atoms with van der Waals surface area (Å²) in [6, 6.07) is 98.2. The molecule has 1 atom stereocenters. The zero-order valence-corrected chi connectivity index (χ0v) is 58.0. The molecule has 1 unspecified atom stereocenters. The highest BCUT2D eigenvalue weighted by Crippen LogP contribution is 2.57. The molecular weight excluding hydrogens is 1200 g/mol. The maximum Gasteiger partial charge on any atom is 0.138 e. The molecule has 0 heterocycles. The molecule has 10 heteroatoms. The molecule has 12 aromatic rings. The first kappa shape index (κ1) is 78.6. The summed E-state index contributed by atoms with van der Waals surface area (Å²) >= 11 is 0. The molecule has 13 rings (SSSR count). The quantitative estimate of drug-likeness (QED) is 0.0374. The summed E-state index contributed by atoms with van der Waals surface area (Å²) in [6.07, 6.45) is 2.69. The number of aliphatic hydroxyl groups excluding tert-OH is 2. The summed E-state index contributed by atoms with van der Waals surface area (Å²) in [6.45, 7) is 14.3. The molecule has 0 radical (unpaired) electrons. The van der Waals surface area contributed by atoms with Gasteiger partial charge in [-0.15, -0.1) is 0 Å². The van der Waals surface area contributed by atoms with E-state index >= 15 is 0 Å². The third kappa shape index (κ3) is 22.7. The first-order chi connectivity index (χ1) is 47.2. The van der Waals surface area contributed by atoms with Gasteiger partial charge < -0.3 is 53.6 Å². The smallest absolute Gasteiger partial charge is 0.138 e. The van der Waals surface area contributed by atoms with Crippen LogP contribution in [0, 0.1) is 20.8 Å². The van der Waals surface area contributed by atoms with Gasteiger partial charge in [-0.3, -0.25) is 0 Å². The van der Waals surface area contributed by atoms with Gasteiger partial charge in [0.2, 0.25) is 0 Å². The Morgan fingerprint density at radius 3 is 1.08 bits per heavy atom. The highest BCUT2D eigenvalue weighted by molar-refractivity contribution is 5.86. The lowest BCUT2D eigenvalue weighted by Gasteiger charge is -2.34. The first-order valence-corrected chi connectivity index (χ1v) is 32.7. The van der Waals surface area contributed by atoms with Crippen molar-refractivity contribution in [1.29, 1.82) is 0 Å². The molecular formula is C87H100N4O6. The van der Waals surface area contributed by atoms with Gasteiger partial charge in [-0.05, 0) is 160 Å². The standard InChI is InChI=1S/C26H21NO2.C21H21NO.C20H19NO.2C6H6.C3H8.C2H6.CH5N.2CH4O/c1-16-14-17(10-12-24(16)28)26(18-11-13-25(29)23(27)15-18)21-8-4-2-6-19(21)20-7-3-5-9-22(20)26;1-15-5-7-16(8-6-15)13-18-3-2-4-19(21(18)23)14-17-9-11-20(22)12-10-17;1-14-2-4-15(5-3-14)20(16-6-10-18(21)11-7-16)17-8-12-19(22)13-9-17;2*1-2-4-6-5-3-1;1-3-2;4*1-2/h2-15,28-29H,27H2,1H3;2-12,23H,13-14,22H2,1H3;2-13,20,22H,21H2,1H3;2*1-6H;3H2,1-2H3;1-2H3;2H2,1H3;2*2H,1H3. The summed E-state index contributed by atoms with van der Waals surface area (Å²) in [5, 5.41) is 54.3. The van der Waals surface area contributed by atoms with Gasteiger partial charge in [0.15, 0.2) is 0 Å². The summed E-state index contributed by atoms with van der Waals surface area (Å²) in [4.78, 5) is 0.